The minimum Gasteiger partial charge on any atom is -0.466 e. The van der Waals surface area contributed by atoms with E-state index < -0.39 is 5.97 Å². The first-order valence-corrected chi connectivity index (χ1v) is 12.2. The summed E-state index contributed by atoms with van der Waals surface area (Å²) in [6.45, 7) is 3.88. The number of nitrogens with zero attached hydrogens (tertiary/aromatic N) is 2. The Kier molecular flexibility index (Phi) is 5.61. The summed E-state index contributed by atoms with van der Waals surface area (Å²) in [6.07, 6.45) is 5.19. The number of hydrogen-bond donors (Lipinski definition) is 1. The number of rotatable bonds is 5. The Labute approximate surface area is 193 Å². The molecule has 0 aromatic heterocycles. The third-order valence-corrected chi connectivity index (χ3v) is 8.11. The highest BCUT2D eigenvalue weighted by Gasteiger charge is 2.42. The topological polar surface area (TPSA) is 71.0 Å². The highest BCUT2D eigenvalue weighted by Crippen LogP contribution is 2.46. The average Bonchev–Trinajstić information content (AvgIpc) is 3.49. The molecule has 1 aromatic carbocycles. The largest absolute Gasteiger partial charge is 0.466 e. The predicted molar refractivity (Wildman–Crippen MR) is 126 cm³/mol. The molecule has 2 aliphatic heterocycles. The molecule has 6 nitrogen and oxygen atoms in total. The van der Waals surface area contributed by atoms with Gasteiger partial charge in [0.1, 0.15) is 0 Å². The summed E-state index contributed by atoms with van der Waals surface area (Å²) in [5.41, 5.74) is 4.17. The van der Waals surface area contributed by atoms with E-state index in [0.717, 1.165) is 34.3 Å². The second-order valence-electron chi connectivity index (χ2n) is 9.32. The molecule has 0 spiro atoms. The number of methoxy groups -OCH3 is 1. The van der Waals surface area contributed by atoms with Gasteiger partial charge in [-0.25, -0.2) is 9.79 Å². The van der Waals surface area contributed by atoms with E-state index in [-0.39, 0.29) is 18.4 Å². The van der Waals surface area contributed by atoms with Gasteiger partial charge in [0.15, 0.2) is 5.17 Å². The van der Waals surface area contributed by atoms with E-state index in [1.54, 1.807) is 0 Å². The lowest BCUT2D eigenvalue weighted by Gasteiger charge is -2.36. The summed E-state index contributed by atoms with van der Waals surface area (Å²) < 4.78 is 5.12. The number of amidine groups is 1. The van der Waals surface area contributed by atoms with E-state index in [1.165, 1.54) is 38.1 Å². The van der Waals surface area contributed by atoms with Crippen LogP contribution in [0.5, 0.6) is 0 Å². The number of amides is 1. The van der Waals surface area contributed by atoms with Gasteiger partial charge in [-0.1, -0.05) is 48.0 Å². The molecule has 1 aromatic rings. The second kappa shape index (κ2) is 8.43. The first-order valence-electron chi connectivity index (χ1n) is 11.3. The number of carbonyl (C=O) groups is 2. The van der Waals surface area contributed by atoms with Gasteiger partial charge in [-0.15, -0.1) is 0 Å². The molecular formula is C25H29N3O3S. The lowest BCUT2D eigenvalue weighted by molar-refractivity contribution is -0.136. The molecule has 5 rings (SSSR count). The van der Waals surface area contributed by atoms with Crippen molar-refractivity contribution in [2.45, 2.75) is 58.0 Å². The Morgan fingerprint density at radius 2 is 1.97 bits per heavy atom. The van der Waals surface area contributed by atoms with Crippen LogP contribution in [0.1, 0.15) is 56.2 Å². The lowest BCUT2D eigenvalue weighted by atomic mass is 9.93. The molecule has 1 N–H and O–H groups in total. The molecule has 2 bridgehead atoms. The number of allylic oxidation sites excluding steroid dienone is 1. The molecule has 32 heavy (non-hydrogen) atoms. The van der Waals surface area contributed by atoms with Crippen LogP contribution in [0.15, 0.2) is 51.6 Å². The summed E-state index contributed by atoms with van der Waals surface area (Å²) in [5.74, 6) is 1.08. The zero-order valence-electron chi connectivity index (χ0n) is 18.8. The molecule has 4 atom stereocenters. The van der Waals surface area contributed by atoms with Crippen LogP contribution in [-0.2, 0) is 14.3 Å². The van der Waals surface area contributed by atoms with Crippen molar-refractivity contribution in [3.8, 4) is 0 Å². The van der Waals surface area contributed by atoms with Gasteiger partial charge in [0, 0.05) is 11.7 Å². The minimum absolute atomic E-state index is 0.0456. The summed E-state index contributed by atoms with van der Waals surface area (Å²) >= 11 is 1.51. The molecule has 1 amide bonds. The summed E-state index contributed by atoms with van der Waals surface area (Å²) in [5, 5.41) is 6.08. The molecular weight excluding hydrogens is 422 g/mol. The van der Waals surface area contributed by atoms with Crippen molar-refractivity contribution < 1.29 is 14.3 Å². The number of nitrogens with one attached hydrogen (secondary N) is 1. The van der Waals surface area contributed by atoms with E-state index >= 15 is 0 Å². The number of aliphatic imine (C=N–C) groups is 1. The predicted octanol–water partition coefficient (Wildman–Crippen LogP) is 4.44. The van der Waals surface area contributed by atoms with E-state index in [2.05, 4.69) is 10.3 Å². The van der Waals surface area contributed by atoms with Crippen molar-refractivity contribution in [3.05, 3.63) is 57.8 Å². The van der Waals surface area contributed by atoms with Gasteiger partial charge in [0.2, 0.25) is 5.91 Å². The fraction of sp³-hybridized carbons (Fsp3) is 0.480. The van der Waals surface area contributed by atoms with E-state index in [4.69, 9.17) is 4.74 Å². The molecule has 4 aliphatic rings. The highest BCUT2D eigenvalue weighted by molar-refractivity contribution is 8.16. The first-order chi connectivity index (χ1) is 15.4. The van der Waals surface area contributed by atoms with Gasteiger partial charge in [0.25, 0.3) is 0 Å². The second-order valence-corrected chi connectivity index (χ2v) is 10.2. The number of aryl methyl sites for hydroxylation is 1. The number of ether oxygens (including phenoxy) is 1. The third-order valence-electron chi connectivity index (χ3n) is 7.23. The fourth-order valence-electron chi connectivity index (χ4n) is 5.65. The van der Waals surface area contributed by atoms with Gasteiger partial charge in [-0.05, 0) is 55.9 Å². The van der Waals surface area contributed by atoms with Gasteiger partial charge in [-0.2, -0.15) is 0 Å². The number of hydrogen-bond acceptors (Lipinski definition) is 6. The lowest BCUT2D eigenvalue weighted by Crippen LogP contribution is -2.41. The van der Waals surface area contributed by atoms with Gasteiger partial charge >= 0.3 is 5.97 Å². The molecule has 2 heterocycles. The van der Waals surface area contributed by atoms with Crippen molar-refractivity contribution in [1.29, 1.82) is 0 Å². The van der Waals surface area contributed by atoms with E-state index in [9.17, 15) is 9.59 Å². The molecule has 0 radical (unpaired) electrons. The Balaban J connectivity index is 1.41. The van der Waals surface area contributed by atoms with E-state index in [0.29, 0.717) is 23.2 Å². The number of esters is 1. The van der Waals surface area contributed by atoms with Gasteiger partial charge < -0.3 is 15.0 Å². The number of benzene rings is 1. The van der Waals surface area contributed by atoms with Crippen molar-refractivity contribution in [2.75, 3.05) is 7.11 Å². The maximum atomic E-state index is 13.0. The minimum atomic E-state index is -0.390. The monoisotopic (exact) mass is 451 g/mol. The van der Waals surface area contributed by atoms with Crippen LogP contribution in [0.2, 0.25) is 0 Å². The van der Waals surface area contributed by atoms with Crippen LogP contribution < -0.4 is 5.32 Å². The summed E-state index contributed by atoms with van der Waals surface area (Å²) in [4.78, 5) is 32.5. The molecule has 168 valence electrons. The zero-order valence-corrected chi connectivity index (χ0v) is 19.6. The van der Waals surface area contributed by atoms with Crippen molar-refractivity contribution >= 4 is 28.8 Å². The average molecular weight is 452 g/mol. The zero-order chi connectivity index (χ0) is 22.4. The summed E-state index contributed by atoms with van der Waals surface area (Å²) in [7, 11) is 1.40. The highest BCUT2D eigenvalue weighted by atomic mass is 32.2. The third kappa shape index (κ3) is 3.76. The Morgan fingerprint density at radius 1 is 1.19 bits per heavy atom. The normalized spacial score (nSPS) is 28.4. The smallest absolute Gasteiger partial charge is 0.338 e. The molecule has 2 aliphatic carbocycles. The first kappa shape index (κ1) is 21.3. The van der Waals surface area contributed by atoms with Crippen molar-refractivity contribution in [2.24, 2.45) is 16.8 Å². The molecule has 7 heteroatoms. The van der Waals surface area contributed by atoms with Crippen LogP contribution >= 0.6 is 11.8 Å². The van der Waals surface area contributed by atoms with Crippen LogP contribution in [0.25, 0.3) is 0 Å². The molecule has 2 saturated carbocycles. The Hall–Kier alpha value is -2.54. The maximum Gasteiger partial charge on any atom is 0.338 e. The number of carbonyl (C=O) groups excluding carboxylic acids is 2. The van der Waals surface area contributed by atoms with Gasteiger partial charge in [0.05, 0.1) is 30.8 Å². The van der Waals surface area contributed by atoms with Crippen LogP contribution in [-0.4, -0.2) is 35.1 Å². The van der Waals surface area contributed by atoms with E-state index in [1.807, 2.05) is 48.4 Å². The number of thioether (sulfide) groups is 1. The Morgan fingerprint density at radius 3 is 2.62 bits per heavy atom. The SMILES string of the molecule is COC(=O)C1=C(C)N=C2SC=C(CC(=O)N[C@H]3C[C@H]4CC[C@H]3C4)N2[C@H]1c1ccc(C)cc1. The Bertz CT molecular complexity index is 1040. The van der Waals surface area contributed by atoms with Crippen LogP contribution in [0, 0.1) is 18.8 Å². The quantitative estimate of drug-likeness (QED) is 0.671. The summed E-state index contributed by atoms with van der Waals surface area (Å²) in [6, 6.07) is 8.10. The van der Waals surface area contributed by atoms with Crippen LogP contribution in [0.3, 0.4) is 0 Å². The fourth-order valence-corrected chi connectivity index (χ4v) is 6.61. The molecule has 0 unspecified atom stereocenters. The molecule has 0 saturated heterocycles. The standard InChI is InChI=1S/C25H29N3O3S/c1-14-4-7-17(8-5-14)23-22(24(30)31-3)15(2)26-25-28(23)19(13-32-25)12-21(29)27-20-11-16-6-9-18(20)10-16/h4-5,7-8,13,16,18,20,23H,6,9-12H2,1-3H3,(H,27,29)/t16-,18-,20-,23-/m0/s1. The van der Waals surface area contributed by atoms with Crippen molar-refractivity contribution in [3.63, 3.8) is 0 Å². The number of fused-ring (bicyclic) bond motifs is 3. The van der Waals surface area contributed by atoms with Crippen molar-refractivity contribution in [1.82, 2.24) is 10.2 Å². The van der Waals surface area contributed by atoms with Gasteiger partial charge in [-0.3, -0.25) is 4.79 Å². The van der Waals surface area contributed by atoms with Crippen LogP contribution in [0.4, 0.5) is 0 Å². The maximum absolute atomic E-state index is 13.0. The molecule has 2 fully saturated rings.